The molecule has 2 rings (SSSR count). The van der Waals surface area contributed by atoms with Crippen LogP contribution in [0.5, 0.6) is 0 Å². The molecule has 0 saturated carbocycles. The summed E-state index contributed by atoms with van der Waals surface area (Å²) in [4.78, 5) is 0. The number of halogens is 2. The van der Waals surface area contributed by atoms with Crippen LogP contribution < -0.4 is 5.32 Å². The van der Waals surface area contributed by atoms with E-state index in [-0.39, 0.29) is 16.9 Å². The Labute approximate surface area is 105 Å². The van der Waals surface area contributed by atoms with E-state index in [9.17, 15) is 4.39 Å². The fourth-order valence-corrected chi connectivity index (χ4v) is 2.07. The van der Waals surface area contributed by atoms with Gasteiger partial charge in [-0.2, -0.15) is 0 Å². The molecule has 2 aromatic rings. The van der Waals surface area contributed by atoms with E-state index in [1.165, 1.54) is 0 Å². The predicted octanol–water partition coefficient (Wildman–Crippen LogP) is 3.79. The van der Waals surface area contributed by atoms with Crippen LogP contribution in [0.25, 0.3) is 0 Å². The summed E-state index contributed by atoms with van der Waals surface area (Å²) in [6, 6.07) is 14.6. The lowest BCUT2D eigenvalue weighted by molar-refractivity contribution is 0.576. The lowest BCUT2D eigenvalue weighted by atomic mass is 9.98. The van der Waals surface area contributed by atoms with Gasteiger partial charge in [0.05, 0.1) is 11.1 Å². The molecule has 0 heterocycles. The number of hydrogen-bond donors (Lipinski definition) is 1. The number of rotatable bonds is 3. The first-order chi connectivity index (χ1) is 8.24. The molecule has 0 spiro atoms. The Morgan fingerprint density at radius 1 is 1.06 bits per heavy atom. The molecule has 0 aliphatic rings. The van der Waals surface area contributed by atoms with Gasteiger partial charge in [0.2, 0.25) is 0 Å². The second kappa shape index (κ2) is 5.30. The molecule has 0 aromatic heterocycles. The Hall–Kier alpha value is -1.38. The highest BCUT2D eigenvalue weighted by Crippen LogP contribution is 2.27. The monoisotopic (exact) mass is 249 g/mol. The van der Waals surface area contributed by atoms with E-state index in [1.54, 1.807) is 25.2 Å². The van der Waals surface area contributed by atoms with Gasteiger partial charge in [0.1, 0.15) is 5.82 Å². The van der Waals surface area contributed by atoms with E-state index in [0.717, 1.165) is 5.56 Å². The van der Waals surface area contributed by atoms with E-state index < -0.39 is 0 Å². The van der Waals surface area contributed by atoms with Gasteiger partial charge >= 0.3 is 0 Å². The summed E-state index contributed by atoms with van der Waals surface area (Å²) < 4.78 is 14.0. The third-order valence-electron chi connectivity index (χ3n) is 2.71. The number of nitrogens with one attached hydrogen (secondary N) is 1. The average Bonchev–Trinajstić information content (AvgIpc) is 2.37. The van der Waals surface area contributed by atoms with Gasteiger partial charge < -0.3 is 5.32 Å². The van der Waals surface area contributed by atoms with E-state index in [4.69, 9.17) is 11.6 Å². The second-order valence-electron chi connectivity index (χ2n) is 3.78. The first kappa shape index (κ1) is 12.1. The Bertz CT molecular complexity index is 499. The maximum atomic E-state index is 14.0. The normalized spacial score (nSPS) is 12.4. The minimum atomic E-state index is -0.364. The van der Waals surface area contributed by atoms with Crippen molar-refractivity contribution in [3.8, 4) is 0 Å². The van der Waals surface area contributed by atoms with Gasteiger partial charge in [0.15, 0.2) is 0 Å². The van der Waals surface area contributed by atoms with Gasteiger partial charge in [-0.05, 0) is 18.7 Å². The zero-order valence-corrected chi connectivity index (χ0v) is 10.2. The van der Waals surface area contributed by atoms with Crippen LogP contribution in [0.1, 0.15) is 17.2 Å². The van der Waals surface area contributed by atoms with E-state index in [1.807, 2.05) is 30.3 Å². The van der Waals surface area contributed by atoms with Crippen LogP contribution >= 0.6 is 11.6 Å². The van der Waals surface area contributed by atoms with Crippen LogP contribution in [-0.4, -0.2) is 7.05 Å². The van der Waals surface area contributed by atoms with Crippen LogP contribution in [0.3, 0.4) is 0 Å². The van der Waals surface area contributed by atoms with Crippen LogP contribution in [-0.2, 0) is 0 Å². The maximum absolute atomic E-state index is 14.0. The Morgan fingerprint density at radius 3 is 2.41 bits per heavy atom. The molecule has 88 valence electrons. The van der Waals surface area contributed by atoms with E-state index in [2.05, 4.69) is 5.32 Å². The van der Waals surface area contributed by atoms with Crippen molar-refractivity contribution in [1.82, 2.24) is 5.32 Å². The van der Waals surface area contributed by atoms with Crippen molar-refractivity contribution in [1.29, 1.82) is 0 Å². The lowest BCUT2D eigenvalue weighted by Gasteiger charge is -2.18. The predicted molar refractivity (Wildman–Crippen MR) is 68.8 cm³/mol. The van der Waals surface area contributed by atoms with Crippen molar-refractivity contribution in [3.63, 3.8) is 0 Å². The van der Waals surface area contributed by atoms with E-state index in [0.29, 0.717) is 5.56 Å². The van der Waals surface area contributed by atoms with Crippen LogP contribution in [0.2, 0.25) is 5.02 Å². The summed E-state index contributed by atoms with van der Waals surface area (Å²) >= 11 is 5.80. The van der Waals surface area contributed by atoms with Crippen molar-refractivity contribution in [2.45, 2.75) is 6.04 Å². The summed E-state index contributed by atoms with van der Waals surface area (Å²) in [5.74, 6) is -0.364. The maximum Gasteiger partial charge on any atom is 0.146 e. The molecule has 1 atom stereocenters. The highest BCUT2D eigenvalue weighted by Gasteiger charge is 2.17. The molecule has 3 heteroatoms. The lowest BCUT2D eigenvalue weighted by Crippen LogP contribution is -2.18. The van der Waals surface area contributed by atoms with Gasteiger partial charge in [0.25, 0.3) is 0 Å². The molecule has 0 fully saturated rings. The van der Waals surface area contributed by atoms with Gasteiger partial charge in [0, 0.05) is 5.56 Å². The Balaban J connectivity index is 2.46. The topological polar surface area (TPSA) is 12.0 Å². The largest absolute Gasteiger partial charge is 0.309 e. The summed E-state index contributed by atoms with van der Waals surface area (Å²) in [6.07, 6.45) is 0. The van der Waals surface area contributed by atoms with Gasteiger partial charge in [-0.15, -0.1) is 0 Å². The molecule has 1 unspecified atom stereocenters. The first-order valence-electron chi connectivity index (χ1n) is 5.40. The molecule has 0 aliphatic carbocycles. The third kappa shape index (κ3) is 2.48. The Morgan fingerprint density at radius 2 is 1.76 bits per heavy atom. The highest BCUT2D eigenvalue weighted by atomic mass is 35.5. The molecule has 0 saturated heterocycles. The fraction of sp³-hybridized carbons (Fsp3) is 0.143. The highest BCUT2D eigenvalue weighted by molar-refractivity contribution is 6.30. The molecule has 2 aromatic carbocycles. The molecular weight excluding hydrogens is 237 g/mol. The first-order valence-corrected chi connectivity index (χ1v) is 5.78. The fourth-order valence-electron chi connectivity index (χ4n) is 1.89. The quantitative estimate of drug-likeness (QED) is 0.873. The van der Waals surface area contributed by atoms with Gasteiger partial charge in [-0.25, -0.2) is 4.39 Å². The average molecular weight is 250 g/mol. The number of hydrogen-bond acceptors (Lipinski definition) is 1. The molecule has 0 amide bonds. The summed E-state index contributed by atoms with van der Waals surface area (Å²) in [5, 5.41) is 3.26. The van der Waals surface area contributed by atoms with Crippen LogP contribution in [0.15, 0.2) is 48.5 Å². The van der Waals surface area contributed by atoms with E-state index >= 15 is 0 Å². The minimum Gasteiger partial charge on any atom is -0.309 e. The molecular formula is C14H13ClFN. The molecule has 1 N–H and O–H groups in total. The second-order valence-corrected chi connectivity index (χ2v) is 4.18. The van der Waals surface area contributed by atoms with Crippen LogP contribution in [0.4, 0.5) is 4.39 Å². The van der Waals surface area contributed by atoms with Crippen molar-refractivity contribution in [2.24, 2.45) is 0 Å². The smallest absolute Gasteiger partial charge is 0.146 e. The standard InChI is InChI=1S/C14H13ClFN/c1-17-14(10-6-3-2-4-7-10)11-8-5-9-12(15)13(11)16/h2-9,14,17H,1H3. The molecule has 0 aliphatic heterocycles. The zero-order valence-electron chi connectivity index (χ0n) is 9.45. The van der Waals surface area contributed by atoms with Crippen molar-refractivity contribution < 1.29 is 4.39 Å². The molecule has 1 nitrogen and oxygen atoms in total. The SMILES string of the molecule is CNC(c1ccccc1)c1cccc(Cl)c1F. The summed E-state index contributed by atoms with van der Waals surface area (Å²) in [7, 11) is 1.80. The van der Waals surface area contributed by atoms with Crippen molar-refractivity contribution in [3.05, 3.63) is 70.5 Å². The summed E-state index contributed by atoms with van der Waals surface area (Å²) in [5.41, 5.74) is 1.57. The zero-order chi connectivity index (χ0) is 12.3. The van der Waals surface area contributed by atoms with Crippen LogP contribution in [0, 0.1) is 5.82 Å². The third-order valence-corrected chi connectivity index (χ3v) is 3.01. The summed E-state index contributed by atoms with van der Waals surface area (Å²) in [6.45, 7) is 0. The van der Waals surface area contributed by atoms with Gasteiger partial charge in [-0.1, -0.05) is 54.1 Å². The molecule has 0 bridgehead atoms. The van der Waals surface area contributed by atoms with Crippen molar-refractivity contribution in [2.75, 3.05) is 7.05 Å². The van der Waals surface area contributed by atoms with Gasteiger partial charge in [-0.3, -0.25) is 0 Å². The molecule has 0 radical (unpaired) electrons. The van der Waals surface area contributed by atoms with Crippen molar-refractivity contribution >= 4 is 11.6 Å². The minimum absolute atomic E-state index is 0.152. The molecule has 17 heavy (non-hydrogen) atoms. The number of benzene rings is 2. The Kier molecular flexibility index (Phi) is 3.77.